The minimum atomic E-state index is -1.36. The Morgan fingerprint density at radius 1 is 1.32 bits per heavy atom. The van der Waals surface area contributed by atoms with Crippen LogP contribution >= 0.6 is 0 Å². The van der Waals surface area contributed by atoms with Crippen molar-refractivity contribution in [3.8, 4) is 5.69 Å². The topological polar surface area (TPSA) is 93.5 Å². The smallest absolute Gasteiger partial charge is 0.329 e. The lowest BCUT2D eigenvalue weighted by Crippen LogP contribution is -2.57. The number of carbonyl (C=O) groups excluding carboxylic acids is 1. The number of nitrogens with zero attached hydrogens (tertiary/aromatic N) is 2. The second-order valence-electron chi connectivity index (χ2n) is 5.96. The van der Waals surface area contributed by atoms with E-state index in [9.17, 15) is 19.1 Å². The standard InChI is InChI=1S/C17H18FN3O4/c1-11-12(10-19-21(11)14-5-3-2-4-13(14)18)15(22)20-17(16(23)24)6-8-25-9-7-17/h2-5,10H,6-9H2,1H3,(H,20,22)(H,23,24). The highest BCUT2D eigenvalue weighted by molar-refractivity contribution is 5.98. The van der Waals surface area contributed by atoms with Gasteiger partial charge in [0.1, 0.15) is 17.0 Å². The van der Waals surface area contributed by atoms with Crippen molar-refractivity contribution >= 4 is 11.9 Å². The predicted octanol–water partition coefficient (Wildman–Crippen LogP) is 1.68. The van der Waals surface area contributed by atoms with Crippen molar-refractivity contribution in [2.45, 2.75) is 25.3 Å². The van der Waals surface area contributed by atoms with Crippen LogP contribution in [0.1, 0.15) is 28.9 Å². The Morgan fingerprint density at radius 2 is 2.00 bits per heavy atom. The number of benzene rings is 1. The Kier molecular flexibility index (Phi) is 4.54. The number of carbonyl (C=O) groups is 2. The quantitative estimate of drug-likeness (QED) is 0.878. The van der Waals surface area contributed by atoms with Crippen LogP contribution in [-0.4, -0.2) is 45.5 Å². The van der Waals surface area contributed by atoms with E-state index >= 15 is 0 Å². The van der Waals surface area contributed by atoms with Gasteiger partial charge >= 0.3 is 5.97 Å². The summed E-state index contributed by atoms with van der Waals surface area (Å²) in [6.07, 6.45) is 1.69. The van der Waals surface area contributed by atoms with Gasteiger partial charge in [-0.1, -0.05) is 12.1 Å². The maximum atomic E-state index is 14.0. The average molecular weight is 347 g/mol. The number of carboxylic acid groups (broad SMARTS) is 1. The fraction of sp³-hybridized carbons (Fsp3) is 0.353. The number of aliphatic carboxylic acids is 1. The molecule has 0 aliphatic carbocycles. The summed E-state index contributed by atoms with van der Waals surface area (Å²) in [6.45, 7) is 2.16. The van der Waals surface area contributed by atoms with Crippen LogP contribution in [0.3, 0.4) is 0 Å². The summed E-state index contributed by atoms with van der Waals surface area (Å²) in [6, 6.07) is 6.08. The van der Waals surface area contributed by atoms with Crippen LogP contribution in [0, 0.1) is 12.7 Å². The van der Waals surface area contributed by atoms with Crippen molar-refractivity contribution in [3.63, 3.8) is 0 Å². The van der Waals surface area contributed by atoms with E-state index in [1.807, 2.05) is 0 Å². The molecule has 1 aliphatic rings. The van der Waals surface area contributed by atoms with Gasteiger partial charge < -0.3 is 15.2 Å². The van der Waals surface area contributed by atoms with Gasteiger partial charge in [-0.05, 0) is 19.1 Å². The number of hydrogen-bond donors (Lipinski definition) is 2. The van der Waals surface area contributed by atoms with Crippen molar-refractivity contribution in [2.75, 3.05) is 13.2 Å². The van der Waals surface area contributed by atoms with E-state index in [0.29, 0.717) is 5.69 Å². The second kappa shape index (κ2) is 6.64. The number of para-hydroxylation sites is 1. The van der Waals surface area contributed by atoms with Gasteiger partial charge in [0.2, 0.25) is 0 Å². The zero-order chi connectivity index (χ0) is 18.0. The molecule has 0 unspecified atom stereocenters. The van der Waals surface area contributed by atoms with Gasteiger partial charge in [-0.25, -0.2) is 13.9 Å². The first-order valence-electron chi connectivity index (χ1n) is 7.88. The number of carboxylic acids is 1. The average Bonchev–Trinajstić information content (AvgIpc) is 2.97. The Balaban J connectivity index is 1.89. The summed E-state index contributed by atoms with van der Waals surface area (Å²) in [5.41, 5.74) is -0.509. The molecule has 1 aromatic heterocycles. The maximum Gasteiger partial charge on any atom is 0.329 e. The third kappa shape index (κ3) is 3.12. The van der Waals surface area contributed by atoms with E-state index in [1.54, 1.807) is 25.1 Å². The molecule has 1 aliphatic heterocycles. The van der Waals surface area contributed by atoms with E-state index in [-0.39, 0.29) is 37.3 Å². The van der Waals surface area contributed by atoms with Gasteiger partial charge in [-0.2, -0.15) is 5.10 Å². The molecule has 0 spiro atoms. The molecule has 3 rings (SSSR count). The number of ether oxygens (including phenoxy) is 1. The third-order valence-corrected chi connectivity index (χ3v) is 4.44. The second-order valence-corrected chi connectivity index (χ2v) is 5.96. The summed E-state index contributed by atoms with van der Waals surface area (Å²) in [4.78, 5) is 24.3. The lowest BCUT2D eigenvalue weighted by atomic mass is 9.89. The van der Waals surface area contributed by atoms with Crippen molar-refractivity contribution in [1.29, 1.82) is 0 Å². The lowest BCUT2D eigenvalue weighted by molar-refractivity contribution is -0.148. The summed E-state index contributed by atoms with van der Waals surface area (Å²) in [5.74, 6) is -2.11. The normalized spacial score (nSPS) is 16.4. The Hall–Kier alpha value is -2.74. The SMILES string of the molecule is Cc1c(C(=O)NC2(C(=O)O)CCOCC2)cnn1-c1ccccc1F. The van der Waals surface area contributed by atoms with Crippen LogP contribution in [0.5, 0.6) is 0 Å². The zero-order valence-corrected chi connectivity index (χ0v) is 13.7. The van der Waals surface area contributed by atoms with Crippen LogP contribution in [-0.2, 0) is 9.53 Å². The first kappa shape index (κ1) is 17.1. The van der Waals surface area contributed by atoms with Crippen molar-refractivity contribution in [1.82, 2.24) is 15.1 Å². The molecular formula is C17H18FN3O4. The Morgan fingerprint density at radius 3 is 2.64 bits per heavy atom. The molecule has 2 aromatic rings. The first-order chi connectivity index (χ1) is 11.9. The largest absolute Gasteiger partial charge is 0.480 e. The molecule has 8 heteroatoms. The Bertz CT molecular complexity index is 812. The monoisotopic (exact) mass is 347 g/mol. The molecule has 1 aromatic carbocycles. The van der Waals surface area contributed by atoms with Gasteiger partial charge in [-0.3, -0.25) is 4.79 Å². The molecule has 0 bridgehead atoms. The van der Waals surface area contributed by atoms with Gasteiger partial charge in [0, 0.05) is 26.1 Å². The number of hydrogen-bond acceptors (Lipinski definition) is 4. The summed E-state index contributed by atoms with van der Waals surface area (Å²) in [7, 11) is 0. The van der Waals surface area contributed by atoms with Crippen molar-refractivity contribution in [3.05, 3.63) is 47.5 Å². The van der Waals surface area contributed by atoms with Crippen LogP contribution in [0.4, 0.5) is 4.39 Å². The molecule has 1 saturated heterocycles. The highest BCUT2D eigenvalue weighted by atomic mass is 19.1. The zero-order valence-electron chi connectivity index (χ0n) is 13.7. The minimum absolute atomic E-state index is 0.189. The molecule has 1 fully saturated rings. The molecule has 132 valence electrons. The summed E-state index contributed by atoms with van der Waals surface area (Å²) < 4.78 is 20.5. The van der Waals surface area contributed by atoms with Gasteiger partial charge in [-0.15, -0.1) is 0 Å². The van der Waals surface area contributed by atoms with Crippen LogP contribution in [0.15, 0.2) is 30.5 Å². The predicted molar refractivity (Wildman–Crippen MR) is 86.1 cm³/mol. The first-order valence-corrected chi connectivity index (χ1v) is 7.88. The van der Waals surface area contributed by atoms with Crippen molar-refractivity contribution < 1.29 is 23.8 Å². The molecule has 1 amide bonds. The summed E-state index contributed by atoms with van der Waals surface area (Å²) in [5, 5.41) is 16.2. The molecule has 0 saturated carbocycles. The van der Waals surface area contributed by atoms with Crippen LogP contribution < -0.4 is 5.32 Å². The number of rotatable bonds is 4. The molecule has 0 atom stereocenters. The molecular weight excluding hydrogens is 329 g/mol. The summed E-state index contributed by atoms with van der Waals surface area (Å²) >= 11 is 0. The number of aromatic nitrogens is 2. The molecule has 2 heterocycles. The maximum absolute atomic E-state index is 14.0. The fourth-order valence-corrected chi connectivity index (χ4v) is 2.90. The van der Waals surface area contributed by atoms with Gasteiger partial charge in [0.25, 0.3) is 5.91 Å². The molecule has 2 N–H and O–H groups in total. The van der Waals surface area contributed by atoms with E-state index < -0.39 is 23.2 Å². The highest BCUT2D eigenvalue weighted by Crippen LogP contribution is 2.23. The van der Waals surface area contributed by atoms with Gasteiger partial charge in [0.15, 0.2) is 0 Å². The minimum Gasteiger partial charge on any atom is -0.480 e. The number of amides is 1. The van der Waals surface area contributed by atoms with E-state index in [1.165, 1.54) is 16.9 Å². The van der Waals surface area contributed by atoms with Crippen LogP contribution in [0.2, 0.25) is 0 Å². The fourth-order valence-electron chi connectivity index (χ4n) is 2.90. The molecule has 0 radical (unpaired) electrons. The van der Waals surface area contributed by atoms with E-state index in [0.717, 1.165) is 0 Å². The lowest BCUT2D eigenvalue weighted by Gasteiger charge is -2.33. The van der Waals surface area contributed by atoms with E-state index in [4.69, 9.17) is 4.74 Å². The van der Waals surface area contributed by atoms with Crippen LogP contribution in [0.25, 0.3) is 5.69 Å². The highest BCUT2D eigenvalue weighted by Gasteiger charge is 2.42. The number of halogens is 1. The molecule has 7 nitrogen and oxygen atoms in total. The third-order valence-electron chi connectivity index (χ3n) is 4.44. The van der Waals surface area contributed by atoms with Gasteiger partial charge in [0.05, 0.1) is 17.5 Å². The van der Waals surface area contributed by atoms with Crippen molar-refractivity contribution in [2.24, 2.45) is 0 Å². The van der Waals surface area contributed by atoms with E-state index in [2.05, 4.69) is 10.4 Å². The molecule has 25 heavy (non-hydrogen) atoms. The Labute approximate surface area is 143 Å². The number of nitrogens with one attached hydrogen (secondary N) is 1.